The molecule has 74 valence electrons. The maximum Gasteiger partial charge on any atom is 0.110 e. The second-order valence-electron chi connectivity index (χ2n) is 3.55. The molecule has 1 aliphatic heterocycles. The summed E-state index contributed by atoms with van der Waals surface area (Å²) < 4.78 is 0. The number of hydrogen-bond donors (Lipinski definition) is 4. The topological polar surface area (TPSA) is 76.1 Å². The molecule has 6 N–H and O–H groups in total. The summed E-state index contributed by atoms with van der Waals surface area (Å²) in [6, 6.07) is 10.1. The Morgan fingerprint density at radius 2 is 1.93 bits per heavy atom. The van der Waals surface area contributed by atoms with Crippen LogP contribution in [0, 0.1) is 0 Å². The molecule has 0 bridgehead atoms. The van der Waals surface area contributed by atoms with E-state index in [4.69, 9.17) is 11.5 Å². The summed E-state index contributed by atoms with van der Waals surface area (Å²) in [6.45, 7) is 0. The molecule has 0 radical (unpaired) electrons. The lowest BCUT2D eigenvalue weighted by atomic mass is 10.0. The Morgan fingerprint density at radius 1 is 1.21 bits per heavy atom. The Labute approximate surface area is 82.9 Å². The minimum Gasteiger partial charge on any atom is -0.385 e. The highest BCUT2D eigenvalue weighted by Gasteiger charge is 2.27. The van der Waals surface area contributed by atoms with Crippen molar-refractivity contribution < 1.29 is 0 Å². The first-order valence-electron chi connectivity index (χ1n) is 4.52. The second-order valence-corrected chi connectivity index (χ2v) is 3.55. The van der Waals surface area contributed by atoms with E-state index in [1.807, 2.05) is 30.3 Å². The van der Waals surface area contributed by atoms with Crippen LogP contribution in [0.1, 0.15) is 5.56 Å². The van der Waals surface area contributed by atoms with Gasteiger partial charge >= 0.3 is 0 Å². The van der Waals surface area contributed by atoms with Gasteiger partial charge < -0.3 is 16.9 Å². The third-order valence-corrected chi connectivity index (χ3v) is 2.19. The molecule has 0 saturated carbocycles. The molecule has 1 aromatic carbocycles. The highest BCUT2D eigenvalue weighted by atomic mass is 15.5. The Hall–Kier alpha value is -1.52. The van der Waals surface area contributed by atoms with Gasteiger partial charge in [-0.25, -0.2) is 5.43 Å². The summed E-state index contributed by atoms with van der Waals surface area (Å²) in [7, 11) is 0. The van der Waals surface area contributed by atoms with Crippen LogP contribution in [0.15, 0.2) is 42.2 Å². The van der Waals surface area contributed by atoms with Gasteiger partial charge in [-0.1, -0.05) is 30.3 Å². The van der Waals surface area contributed by atoms with Crippen LogP contribution in [-0.4, -0.2) is 5.66 Å². The number of benzene rings is 1. The highest BCUT2D eigenvalue weighted by molar-refractivity contribution is 5.23. The van der Waals surface area contributed by atoms with E-state index in [2.05, 4.69) is 10.9 Å². The van der Waals surface area contributed by atoms with E-state index in [9.17, 15) is 0 Å². The van der Waals surface area contributed by atoms with E-state index in [0.29, 0.717) is 12.2 Å². The molecular weight excluding hydrogens is 176 g/mol. The second kappa shape index (κ2) is 3.32. The molecule has 0 fully saturated rings. The van der Waals surface area contributed by atoms with Crippen LogP contribution >= 0.6 is 0 Å². The molecule has 1 unspecified atom stereocenters. The van der Waals surface area contributed by atoms with Gasteiger partial charge in [-0.2, -0.15) is 0 Å². The van der Waals surface area contributed by atoms with E-state index in [1.165, 1.54) is 5.56 Å². The van der Waals surface area contributed by atoms with Gasteiger partial charge in [0, 0.05) is 6.42 Å². The van der Waals surface area contributed by atoms with Crippen LogP contribution in [0.4, 0.5) is 0 Å². The molecule has 2 rings (SSSR count). The van der Waals surface area contributed by atoms with Gasteiger partial charge in [-0.15, -0.1) is 0 Å². The molecule has 14 heavy (non-hydrogen) atoms. The number of nitrogens with two attached hydrogens (primary N) is 2. The quantitative estimate of drug-likeness (QED) is 0.520. The smallest absolute Gasteiger partial charge is 0.110 e. The predicted octanol–water partition coefficient (Wildman–Crippen LogP) is -0.208. The van der Waals surface area contributed by atoms with Gasteiger partial charge in [0.1, 0.15) is 11.5 Å². The monoisotopic (exact) mass is 190 g/mol. The van der Waals surface area contributed by atoms with E-state index in [1.54, 1.807) is 6.08 Å². The normalized spacial score (nSPS) is 25.6. The van der Waals surface area contributed by atoms with Crippen molar-refractivity contribution in [3.63, 3.8) is 0 Å². The van der Waals surface area contributed by atoms with Gasteiger partial charge in [0.2, 0.25) is 0 Å². The molecule has 1 aromatic rings. The van der Waals surface area contributed by atoms with Crippen LogP contribution in [-0.2, 0) is 6.42 Å². The Kier molecular flexibility index (Phi) is 2.15. The number of hydrazine groups is 1. The van der Waals surface area contributed by atoms with Gasteiger partial charge in [-0.3, -0.25) is 0 Å². The largest absolute Gasteiger partial charge is 0.385 e. The van der Waals surface area contributed by atoms with Crippen LogP contribution < -0.4 is 22.3 Å². The number of rotatable bonds is 2. The van der Waals surface area contributed by atoms with Gasteiger partial charge in [-0.05, 0) is 11.6 Å². The minimum absolute atomic E-state index is 0.573. The molecule has 0 aliphatic carbocycles. The van der Waals surface area contributed by atoms with Crippen molar-refractivity contribution in [1.29, 1.82) is 0 Å². The van der Waals surface area contributed by atoms with Crippen LogP contribution in [0.25, 0.3) is 0 Å². The molecule has 1 heterocycles. The van der Waals surface area contributed by atoms with Crippen LogP contribution in [0.5, 0.6) is 0 Å². The van der Waals surface area contributed by atoms with E-state index < -0.39 is 5.66 Å². The average molecular weight is 190 g/mol. The SMILES string of the molecule is NC1=CC(N)(Cc2ccccc2)NN1. The molecular formula is C10H14N4. The van der Waals surface area contributed by atoms with Gasteiger partial charge in [0.05, 0.1) is 0 Å². The van der Waals surface area contributed by atoms with Gasteiger partial charge in [0.15, 0.2) is 0 Å². The third kappa shape index (κ3) is 1.86. The van der Waals surface area contributed by atoms with E-state index in [-0.39, 0.29) is 0 Å². The van der Waals surface area contributed by atoms with Gasteiger partial charge in [0.25, 0.3) is 0 Å². The summed E-state index contributed by atoms with van der Waals surface area (Å²) >= 11 is 0. The summed E-state index contributed by atoms with van der Waals surface area (Å²) in [5.74, 6) is 0.573. The fraction of sp³-hybridized carbons (Fsp3) is 0.200. The van der Waals surface area contributed by atoms with Crippen molar-refractivity contribution in [2.45, 2.75) is 12.1 Å². The fourth-order valence-corrected chi connectivity index (χ4v) is 1.57. The minimum atomic E-state index is -0.578. The molecule has 1 aliphatic rings. The zero-order valence-electron chi connectivity index (χ0n) is 7.83. The fourth-order valence-electron chi connectivity index (χ4n) is 1.57. The summed E-state index contributed by atoms with van der Waals surface area (Å²) in [6.07, 6.45) is 2.50. The maximum atomic E-state index is 6.05. The summed E-state index contributed by atoms with van der Waals surface area (Å²) in [4.78, 5) is 0. The molecule has 4 nitrogen and oxygen atoms in total. The number of hydrogen-bond acceptors (Lipinski definition) is 4. The predicted molar refractivity (Wildman–Crippen MR) is 55.6 cm³/mol. The van der Waals surface area contributed by atoms with Crippen molar-refractivity contribution >= 4 is 0 Å². The Bertz CT molecular complexity index is 346. The zero-order valence-corrected chi connectivity index (χ0v) is 7.83. The lowest BCUT2D eigenvalue weighted by Gasteiger charge is -2.21. The Morgan fingerprint density at radius 3 is 2.50 bits per heavy atom. The molecule has 0 spiro atoms. The highest BCUT2D eigenvalue weighted by Crippen LogP contribution is 2.12. The van der Waals surface area contributed by atoms with Crippen molar-refractivity contribution in [2.75, 3.05) is 0 Å². The average Bonchev–Trinajstić information content (AvgIpc) is 2.47. The molecule has 0 saturated heterocycles. The van der Waals surface area contributed by atoms with E-state index >= 15 is 0 Å². The first-order valence-corrected chi connectivity index (χ1v) is 4.52. The number of nitrogens with one attached hydrogen (secondary N) is 2. The Balaban J connectivity index is 2.12. The van der Waals surface area contributed by atoms with Crippen LogP contribution in [0.2, 0.25) is 0 Å². The van der Waals surface area contributed by atoms with Crippen LogP contribution in [0.3, 0.4) is 0 Å². The van der Waals surface area contributed by atoms with Crippen molar-refractivity contribution in [3.8, 4) is 0 Å². The molecule has 0 amide bonds. The lowest BCUT2D eigenvalue weighted by Crippen LogP contribution is -2.54. The van der Waals surface area contributed by atoms with E-state index in [0.717, 1.165) is 0 Å². The van der Waals surface area contributed by atoms with Crippen molar-refractivity contribution in [1.82, 2.24) is 10.9 Å². The zero-order chi connectivity index (χ0) is 10.0. The first kappa shape index (κ1) is 9.05. The summed E-state index contributed by atoms with van der Waals surface area (Å²) in [5, 5.41) is 0. The van der Waals surface area contributed by atoms with Crippen molar-refractivity contribution in [2.24, 2.45) is 11.5 Å². The maximum absolute atomic E-state index is 6.05. The standard InChI is InChI=1S/C10H14N4/c11-9-7-10(12,14-13-9)6-8-4-2-1-3-5-8/h1-5,7,13-14H,6,11-12H2. The van der Waals surface area contributed by atoms with Crippen molar-refractivity contribution in [3.05, 3.63) is 47.8 Å². The third-order valence-electron chi connectivity index (χ3n) is 2.19. The lowest BCUT2D eigenvalue weighted by molar-refractivity contribution is 0.409. The molecule has 0 aromatic heterocycles. The molecule has 1 atom stereocenters. The first-order chi connectivity index (χ1) is 6.68. The summed E-state index contributed by atoms with van der Waals surface area (Å²) in [5.41, 5.74) is 18.0. The molecule has 4 heteroatoms.